The highest BCUT2D eigenvalue weighted by Crippen LogP contribution is 2.42. The Bertz CT molecular complexity index is 1050. The van der Waals surface area contributed by atoms with E-state index in [1.807, 2.05) is 19.1 Å². The van der Waals surface area contributed by atoms with Crippen molar-refractivity contribution < 1.29 is 17.6 Å². The lowest BCUT2D eigenvalue weighted by molar-refractivity contribution is 0.0917. The number of furan rings is 1. The van der Waals surface area contributed by atoms with Crippen molar-refractivity contribution in [1.82, 2.24) is 5.32 Å². The van der Waals surface area contributed by atoms with Gasteiger partial charge in [-0.05, 0) is 55.0 Å². The summed E-state index contributed by atoms with van der Waals surface area (Å²) < 4.78 is 31.0. The molecule has 0 fully saturated rings. The van der Waals surface area contributed by atoms with Gasteiger partial charge >= 0.3 is 0 Å². The van der Waals surface area contributed by atoms with E-state index < -0.39 is 10.0 Å². The van der Waals surface area contributed by atoms with Crippen LogP contribution in [0, 0.1) is 12.3 Å². The van der Waals surface area contributed by atoms with Crippen LogP contribution >= 0.6 is 0 Å². The van der Waals surface area contributed by atoms with Crippen LogP contribution in [0.3, 0.4) is 0 Å². The van der Waals surface area contributed by atoms with Crippen molar-refractivity contribution in [3.8, 4) is 0 Å². The molecule has 1 atom stereocenters. The number of aryl methyl sites for hydroxylation is 1. The van der Waals surface area contributed by atoms with Crippen molar-refractivity contribution >= 4 is 21.6 Å². The van der Waals surface area contributed by atoms with Gasteiger partial charge in [-0.3, -0.25) is 9.10 Å². The number of nitrogens with one attached hydrogen (secondary N) is 1. The van der Waals surface area contributed by atoms with E-state index in [1.54, 1.807) is 12.1 Å². The molecule has 1 aromatic carbocycles. The first-order valence-electron chi connectivity index (χ1n) is 9.54. The molecule has 0 saturated heterocycles. The molecule has 150 valence electrons. The third-order valence-electron chi connectivity index (χ3n) is 5.64. The second-order valence-electron chi connectivity index (χ2n) is 8.74. The Labute approximate surface area is 166 Å². The summed E-state index contributed by atoms with van der Waals surface area (Å²) in [7, 11) is -3.29. The fourth-order valence-corrected chi connectivity index (χ4v) is 5.37. The summed E-state index contributed by atoms with van der Waals surface area (Å²) >= 11 is 0. The molecule has 2 aliphatic rings. The van der Waals surface area contributed by atoms with E-state index in [2.05, 4.69) is 19.2 Å². The molecule has 2 aromatic rings. The lowest BCUT2D eigenvalue weighted by Gasteiger charge is -2.34. The van der Waals surface area contributed by atoms with Gasteiger partial charge < -0.3 is 9.73 Å². The van der Waals surface area contributed by atoms with E-state index in [9.17, 15) is 13.2 Å². The predicted octanol–water partition coefficient (Wildman–Crippen LogP) is 3.35. The molecule has 1 aromatic heterocycles. The average molecular weight is 403 g/mol. The van der Waals surface area contributed by atoms with Gasteiger partial charge in [0, 0.05) is 24.1 Å². The van der Waals surface area contributed by atoms with Crippen molar-refractivity contribution in [2.24, 2.45) is 5.41 Å². The first kappa shape index (κ1) is 19.1. The molecule has 1 aliphatic carbocycles. The number of hydrogen-bond donors (Lipinski definition) is 1. The number of anilines is 1. The van der Waals surface area contributed by atoms with Gasteiger partial charge in [-0.25, -0.2) is 8.42 Å². The Balaban J connectivity index is 1.58. The number of hydrogen-bond acceptors (Lipinski definition) is 4. The number of sulfonamides is 1. The quantitative estimate of drug-likeness (QED) is 0.854. The fourth-order valence-electron chi connectivity index (χ4n) is 4.41. The zero-order valence-electron chi connectivity index (χ0n) is 16.7. The Morgan fingerprint density at radius 3 is 2.75 bits per heavy atom. The van der Waals surface area contributed by atoms with Crippen LogP contribution in [-0.2, 0) is 22.9 Å². The molecule has 1 unspecified atom stereocenters. The minimum Gasteiger partial charge on any atom is -0.466 e. The first-order chi connectivity index (χ1) is 13.0. The lowest BCUT2D eigenvalue weighted by atomic mass is 9.74. The summed E-state index contributed by atoms with van der Waals surface area (Å²) in [5.41, 5.74) is 3.23. The van der Waals surface area contributed by atoms with E-state index in [1.165, 1.54) is 10.6 Å². The largest absolute Gasteiger partial charge is 0.466 e. The number of amides is 1. The molecule has 7 heteroatoms. The molecule has 0 radical (unpaired) electrons. The molecule has 4 rings (SSSR count). The zero-order valence-corrected chi connectivity index (χ0v) is 17.5. The third-order valence-corrected chi connectivity index (χ3v) is 6.82. The molecular weight excluding hydrogens is 376 g/mol. The number of benzene rings is 1. The topological polar surface area (TPSA) is 79.6 Å². The summed E-state index contributed by atoms with van der Waals surface area (Å²) in [6.45, 7) is 6.72. The molecule has 2 heterocycles. The maximum Gasteiger partial charge on any atom is 0.251 e. The van der Waals surface area contributed by atoms with Gasteiger partial charge in [0.15, 0.2) is 0 Å². The monoisotopic (exact) mass is 402 g/mol. The standard InChI is InChI=1S/C21H26N2O4S/c1-13-9-16-17(11-21(2,3)12-19(16)27-13)22-20(24)15-5-6-18-14(10-15)7-8-23(18)28(4,25)26/h5-6,9-10,17H,7-8,11-12H2,1-4H3,(H,22,24). The first-order valence-corrected chi connectivity index (χ1v) is 11.4. The van der Waals surface area contributed by atoms with Gasteiger partial charge in [-0.1, -0.05) is 13.8 Å². The van der Waals surface area contributed by atoms with Gasteiger partial charge in [0.05, 0.1) is 18.0 Å². The molecule has 0 spiro atoms. The number of nitrogens with zero attached hydrogens (tertiary/aromatic N) is 1. The van der Waals surface area contributed by atoms with Gasteiger partial charge in [-0.2, -0.15) is 0 Å². The minimum atomic E-state index is -3.29. The third kappa shape index (κ3) is 3.43. The Morgan fingerprint density at radius 1 is 1.29 bits per heavy atom. The highest BCUT2D eigenvalue weighted by Gasteiger charge is 2.36. The van der Waals surface area contributed by atoms with Crippen LogP contribution in [0.2, 0.25) is 0 Å². The van der Waals surface area contributed by atoms with Crippen LogP contribution in [0.1, 0.15) is 59.3 Å². The van der Waals surface area contributed by atoms with Crippen LogP contribution in [-0.4, -0.2) is 27.1 Å². The Morgan fingerprint density at radius 2 is 2.04 bits per heavy atom. The summed E-state index contributed by atoms with van der Waals surface area (Å²) in [6.07, 6.45) is 3.53. The molecule has 28 heavy (non-hydrogen) atoms. The van der Waals surface area contributed by atoms with E-state index in [-0.39, 0.29) is 17.4 Å². The SMILES string of the molecule is Cc1cc2c(o1)CC(C)(C)CC2NC(=O)c1ccc2c(c1)CCN2S(C)(=O)=O. The van der Waals surface area contributed by atoms with Gasteiger partial charge in [-0.15, -0.1) is 0 Å². The second kappa shape index (κ2) is 6.37. The van der Waals surface area contributed by atoms with E-state index in [4.69, 9.17) is 4.42 Å². The van der Waals surface area contributed by atoms with Crippen molar-refractivity contribution in [2.75, 3.05) is 17.1 Å². The Kier molecular flexibility index (Phi) is 4.34. The summed E-state index contributed by atoms with van der Waals surface area (Å²) in [5.74, 6) is 1.67. The predicted molar refractivity (Wildman–Crippen MR) is 108 cm³/mol. The van der Waals surface area contributed by atoms with Gasteiger partial charge in [0.1, 0.15) is 11.5 Å². The maximum absolute atomic E-state index is 12.9. The fraction of sp³-hybridized carbons (Fsp3) is 0.476. The molecule has 0 bridgehead atoms. The van der Waals surface area contributed by atoms with Crippen molar-refractivity contribution in [3.05, 3.63) is 52.5 Å². The average Bonchev–Trinajstić information content (AvgIpc) is 3.15. The van der Waals surface area contributed by atoms with Crippen LogP contribution in [0.5, 0.6) is 0 Å². The van der Waals surface area contributed by atoms with Crippen LogP contribution in [0.25, 0.3) is 0 Å². The molecule has 1 amide bonds. The lowest BCUT2D eigenvalue weighted by Crippen LogP contribution is -2.36. The zero-order chi connectivity index (χ0) is 20.3. The maximum atomic E-state index is 12.9. The molecule has 1 aliphatic heterocycles. The number of carbonyl (C=O) groups excluding carboxylic acids is 1. The van der Waals surface area contributed by atoms with Crippen LogP contribution in [0.4, 0.5) is 5.69 Å². The van der Waals surface area contributed by atoms with Gasteiger partial charge in [0.2, 0.25) is 10.0 Å². The minimum absolute atomic E-state index is 0.0448. The highest BCUT2D eigenvalue weighted by atomic mass is 32.2. The second-order valence-corrected chi connectivity index (χ2v) is 10.6. The summed E-state index contributed by atoms with van der Waals surface area (Å²) in [6, 6.07) is 7.17. The van der Waals surface area contributed by atoms with E-state index >= 15 is 0 Å². The number of rotatable bonds is 3. The number of fused-ring (bicyclic) bond motifs is 2. The molecule has 0 saturated carbocycles. The normalized spacial score (nSPS) is 20.6. The van der Waals surface area contributed by atoms with Crippen LogP contribution < -0.4 is 9.62 Å². The van der Waals surface area contributed by atoms with Crippen molar-refractivity contribution in [1.29, 1.82) is 0 Å². The summed E-state index contributed by atoms with van der Waals surface area (Å²) in [5, 5.41) is 3.16. The summed E-state index contributed by atoms with van der Waals surface area (Å²) in [4.78, 5) is 12.9. The molecule has 1 N–H and O–H groups in total. The van der Waals surface area contributed by atoms with E-state index in [0.29, 0.717) is 24.2 Å². The highest BCUT2D eigenvalue weighted by molar-refractivity contribution is 7.92. The van der Waals surface area contributed by atoms with Crippen LogP contribution in [0.15, 0.2) is 28.7 Å². The smallest absolute Gasteiger partial charge is 0.251 e. The van der Waals surface area contributed by atoms with Crippen molar-refractivity contribution in [2.45, 2.75) is 46.1 Å². The molecule has 6 nitrogen and oxygen atoms in total. The van der Waals surface area contributed by atoms with E-state index in [0.717, 1.165) is 35.5 Å². The molecular formula is C21H26N2O4S. The van der Waals surface area contributed by atoms with Gasteiger partial charge in [0.25, 0.3) is 5.91 Å². The Hall–Kier alpha value is -2.28. The number of carbonyl (C=O) groups is 1. The van der Waals surface area contributed by atoms with Crippen molar-refractivity contribution in [3.63, 3.8) is 0 Å².